The van der Waals surface area contributed by atoms with Crippen LogP contribution in [0.2, 0.25) is 0 Å². The number of nitrogens with zero attached hydrogens (tertiary/aromatic N) is 1. The van der Waals surface area contributed by atoms with Crippen molar-refractivity contribution in [1.29, 1.82) is 5.26 Å². The molecule has 18 heavy (non-hydrogen) atoms. The summed E-state index contributed by atoms with van der Waals surface area (Å²) in [4.78, 5) is 0. The van der Waals surface area contributed by atoms with E-state index in [9.17, 15) is 5.26 Å². The van der Waals surface area contributed by atoms with Crippen LogP contribution in [0.3, 0.4) is 0 Å². The molecule has 4 fully saturated rings. The SMILES string of the molecule is CCC(C)(C#N)NCC12CC3CC(CC(C3)C1)C2. The molecule has 2 nitrogen and oxygen atoms in total. The first-order chi connectivity index (χ1) is 8.56. The molecule has 2 heteroatoms. The third kappa shape index (κ3) is 2.07. The van der Waals surface area contributed by atoms with E-state index < -0.39 is 0 Å². The third-order valence-electron chi connectivity index (χ3n) is 5.97. The van der Waals surface area contributed by atoms with E-state index in [-0.39, 0.29) is 5.54 Å². The highest BCUT2D eigenvalue weighted by molar-refractivity contribution is 5.07. The van der Waals surface area contributed by atoms with E-state index in [1.54, 1.807) is 0 Å². The quantitative estimate of drug-likeness (QED) is 0.824. The predicted octanol–water partition coefficient (Wildman–Crippen LogP) is 3.48. The smallest absolute Gasteiger partial charge is 0.103 e. The van der Waals surface area contributed by atoms with Gasteiger partial charge in [0.2, 0.25) is 0 Å². The van der Waals surface area contributed by atoms with Crippen molar-refractivity contribution in [3.8, 4) is 6.07 Å². The van der Waals surface area contributed by atoms with E-state index in [0.29, 0.717) is 5.41 Å². The first kappa shape index (κ1) is 12.5. The molecule has 4 bridgehead atoms. The number of nitriles is 1. The van der Waals surface area contributed by atoms with E-state index in [2.05, 4.69) is 18.3 Å². The molecule has 4 rings (SSSR count). The van der Waals surface area contributed by atoms with Crippen molar-refractivity contribution in [2.75, 3.05) is 6.54 Å². The molecular formula is C16H26N2. The van der Waals surface area contributed by atoms with Crippen molar-refractivity contribution >= 4 is 0 Å². The maximum Gasteiger partial charge on any atom is 0.103 e. The molecule has 4 aliphatic carbocycles. The molecule has 4 aliphatic rings. The van der Waals surface area contributed by atoms with Crippen molar-refractivity contribution in [1.82, 2.24) is 5.32 Å². The van der Waals surface area contributed by atoms with Gasteiger partial charge in [0, 0.05) is 6.54 Å². The van der Waals surface area contributed by atoms with Crippen LogP contribution in [0, 0.1) is 34.5 Å². The average molecular weight is 246 g/mol. The predicted molar refractivity (Wildman–Crippen MR) is 72.9 cm³/mol. The lowest BCUT2D eigenvalue weighted by Crippen LogP contribution is -2.54. The summed E-state index contributed by atoms with van der Waals surface area (Å²) < 4.78 is 0. The molecule has 0 amide bonds. The van der Waals surface area contributed by atoms with E-state index >= 15 is 0 Å². The zero-order valence-corrected chi connectivity index (χ0v) is 11.8. The number of nitrogens with one attached hydrogen (secondary N) is 1. The Balaban J connectivity index is 1.68. The van der Waals surface area contributed by atoms with Crippen LogP contribution in [-0.4, -0.2) is 12.1 Å². The lowest BCUT2D eigenvalue weighted by atomic mass is 9.49. The van der Waals surface area contributed by atoms with E-state index in [1.165, 1.54) is 38.5 Å². The van der Waals surface area contributed by atoms with Crippen molar-refractivity contribution in [3.63, 3.8) is 0 Å². The normalized spacial score (nSPS) is 44.6. The monoisotopic (exact) mass is 246 g/mol. The Bertz CT molecular complexity index is 332. The van der Waals surface area contributed by atoms with Crippen LogP contribution >= 0.6 is 0 Å². The summed E-state index contributed by atoms with van der Waals surface area (Å²) in [6.45, 7) is 5.23. The Kier molecular flexibility index (Phi) is 2.94. The summed E-state index contributed by atoms with van der Waals surface area (Å²) >= 11 is 0. The summed E-state index contributed by atoms with van der Waals surface area (Å²) in [6, 6.07) is 2.45. The van der Waals surface area contributed by atoms with Gasteiger partial charge in [0.15, 0.2) is 0 Å². The minimum absolute atomic E-state index is 0.316. The molecule has 0 aliphatic heterocycles. The van der Waals surface area contributed by atoms with Crippen LogP contribution in [0.1, 0.15) is 58.8 Å². The van der Waals surface area contributed by atoms with Crippen LogP contribution < -0.4 is 5.32 Å². The van der Waals surface area contributed by atoms with Gasteiger partial charge in [-0.05, 0) is 75.0 Å². The van der Waals surface area contributed by atoms with Crippen LogP contribution in [0.4, 0.5) is 0 Å². The van der Waals surface area contributed by atoms with Crippen molar-refractivity contribution < 1.29 is 0 Å². The maximum atomic E-state index is 9.29. The standard InChI is InChI=1S/C16H26N2/c1-3-15(2,10-17)18-11-16-7-12-4-13(8-16)6-14(5-12)9-16/h12-14,18H,3-9,11H2,1-2H3. The molecule has 0 aromatic carbocycles. The van der Waals surface area contributed by atoms with Crippen molar-refractivity contribution in [2.24, 2.45) is 23.2 Å². The molecule has 1 unspecified atom stereocenters. The zero-order valence-electron chi connectivity index (χ0n) is 11.8. The Morgan fingerprint density at radius 2 is 1.67 bits per heavy atom. The van der Waals surface area contributed by atoms with Gasteiger partial charge in [0.25, 0.3) is 0 Å². The van der Waals surface area contributed by atoms with Crippen molar-refractivity contribution in [2.45, 2.75) is 64.3 Å². The lowest BCUT2D eigenvalue weighted by Gasteiger charge is -2.57. The summed E-state index contributed by atoms with van der Waals surface area (Å²) in [5.41, 5.74) is 0.228. The molecule has 4 saturated carbocycles. The van der Waals surface area contributed by atoms with Gasteiger partial charge >= 0.3 is 0 Å². The summed E-state index contributed by atoms with van der Waals surface area (Å²) in [6.07, 6.45) is 9.69. The summed E-state index contributed by atoms with van der Waals surface area (Å²) in [5, 5.41) is 12.9. The second-order valence-electron chi connectivity index (χ2n) is 7.57. The molecule has 100 valence electrons. The highest BCUT2D eigenvalue weighted by Gasteiger charge is 2.50. The molecule has 1 atom stereocenters. The Labute approximate surface area is 111 Å². The third-order valence-corrected chi connectivity index (χ3v) is 5.97. The average Bonchev–Trinajstić information content (AvgIpc) is 2.35. The van der Waals surface area contributed by atoms with Crippen LogP contribution in [-0.2, 0) is 0 Å². The number of hydrogen-bond acceptors (Lipinski definition) is 2. The van der Waals surface area contributed by atoms with Gasteiger partial charge in [-0.2, -0.15) is 5.26 Å². The minimum Gasteiger partial charge on any atom is -0.299 e. The largest absolute Gasteiger partial charge is 0.299 e. The second kappa shape index (κ2) is 4.23. The molecule has 0 aromatic heterocycles. The van der Waals surface area contributed by atoms with E-state index in [0.717, 1.165) is 30.7 Å². The van der Waals surface area contributed by atoms with Gasteiger partial charge in [-0.25, -0.2) is 0 Å². The summed E-state index contributed by atoms with van der Waals surface area (Å²) in [7, 11) is 0. The van der Waals surface area contributed by atoms with Crippen LogP contribution in [0.15, 0.2) is 0 Å². The number of hydrogen-bond donors (Lipinski definition) is 1. The molecule has 0 saturated heterocycles. The fraction of sp³-hybridized carbons (Fsp3) is 0.938. The van der Waals surface area contributed by atoms with Gasteiger partial charge in [0.05, 0.1) is 6.07 Å². The molecule has 0 heterocycles. The maximum absolute atomic E-state index is 9.29. The first-order valence-corrected chi connectivity index (χ1v) is 7.73. The Morgan fingerprint density at radius 3 is 2.06 bits per heavy atom. The van der Waals surface area contributed by atoms with Gasteiger partial charge in [-0.15, -0.1) is 0 Å². The van der Waals surface area contributed by atoms with E-state index in [4.69, 9.17) is 0 Å². The highest BCUT2D eigenvalue weighted by Crippen LogP contribution is 2.59. The molecular weight excluding hydrogens is 220 g/mol. The highest BCUT2D eigenvalue weighted by atomic mass is 15.0. The second-order valence-corrected chi connectivity index (χ2v) is 7.57. The number of rotatable bonds is 4. The molecule has 0 radical (unpaired) electrons. The van der Waals surface area contributed by atoms with Gasteiger partial charge in [-0.1, -0.05) is 6.92 Å². The van der Waals surface area contributed by atoms with Crippen LogP contribution in [0.5, 0.6) is 0 Å². The topological polar surface area (TPSA) is 35.8 Å². The van der Waals surface area contributed by atoms with Gasteiger partial charge < -0.3 is 0 Å². The van der Waals surface area contributed by atoms with E-state index in [1.807, 2.05) is 6.92 Å². The Hall–Kier alpha value is -0.550. The lowest BCUT2D eigenvalue weighted by molar-refractivity contribution is -0.0534. The minimum atomic E-state index is -0.316. The van der Waals surface area contributed by atoms with Crippen LogP contribution in [0.25, 0.3) is 0 Å². The first-order valence-electron chi connectivity index (χ1n) is 7.73. The zero-order chi connectivity index (χ0) is 12.8. The van der Waals surface area contributed by atoms with Crippen molar-refractivity contribution in [3.05, 3.63) is 0 Å². The molecule has 1 N–H and O–H groups in total. The molecule has 0 aromatic rings. The fourth-order valence-corrected chi connectivity index (χ4v) is 5.13. The molecule has 0 spiro atoms. The summed E-state index contributed by atoms with van der Waals surface area (Å²) in [5.74, 6) is 3.02. The van der Waals surface area contributed by atoms with Gasteiger partial charge in [0.1, 0.15) is 5.54 Å². The fourth-order valence-electron chi connectivity index (χ4n) is 5.13. The van der Waals surface area contributed by atoms with Gasteiger partial charge in [-0.3, -0.25) is 5.32 Å². The Morgan fingerprint density at radius 1 is 1.17 bits per heavy atom.